The van der Waals surface area contributed by atoms with Gasteiger partial charge in [-0.3, -0.25) is 0 Å². The number of rotatable bonds is 4. The lowest BCUT2D eigenvalue weighted by molar-refractivity contribution is 0.466. The second kappa shape index (κ2) is 5.70. The monoisotopic (exact) mass is 363 g/mol. The van der Waals surface area contributed by atoms with Gasteiger partial charge in [0.05, 0.1) is 4.90 Å². The summed E-state index contributed by atoms with van der Waals surface area (Å²) in [6.07, 6.45) is 0. The molecule has 2 aromatic rings. The average Bonchev–Trinajstić information content (AvgIpc) is 2.81. The zero-order valence-corrected chi connectivity index (χ0v) is 13.2. The summed E-state index contributed by atoms with van der Waals surface area (Å²) < 4.78 is 39.2. The quantitative estimate of drug-likeness (QED) is 0.833. The number of benzene rings is 1. The molecule has 0 radical (unpaired) electrons. The minimum absolute atomic E-state index is 0.0617. The molecule has 102 valence electrons. The van der Waals surface area contributed by atoms with Crippen LogP contribution in [0.15, 0.2) is 44.4 Å². The van der Waals surface area contributed by atoms with Crippen LogP contribution in [0.2, 0.25) is 0 Å². The van der Waals surface area contributed by atoms with Gasteiger partial charge in [0.2, 0.25) is 10.0 Å². The van der Waals surface area contributed by atoms with Crippen molar-refractivity contribution in [1.29, 1.82) is 0 Å². The summed E-state index contributed by atoms with van der Waals surface area (Å²) in [4.78, 5) is 0.0617. The second-order valence-corrected chi connectivity index (χ2v) is 7.62. The van der Waals surface area contributed by atoms with E-state index in [4.69, 9.17) is 0 Å². The number of nitrogens with zero attached hydrogens (tertiary/aromatic N) is 1. The molecule has 2 rings (SSSR count). The summed E-state index contributed by atoms with van der Waals surface area (Å²) in [6, 6.07) is 5.41. The molecule has 1 aromatic heterocycles. The molecule has 0 aliphatic heterocycles. The summed E-state index contributed by atoms with van der Waals surface area (Å²) in [5.41, 5.74) is 0.925. The Balaban J connectivity index is 2.31. The molecule has 0 aliphatic rings. The number of hydrogen-bond acceptors (Lipinski definition) is 3. The number of thiophene rings is 1. The summed E-state index contributed by atoms with van der Waals surface area (Å²) in [5, 5.41) is 3.79. The van der Waals surface area contributed by atoms with Crippen LogP contribution in [0.1, 0.15) is 5.56 Å². The Labute approximate surface area is 123 Å². The molecule has 0 amide bonds. The van der Waals surface area contributed by atoms with Crippen molar-refractivity contribution in [2.24, 2.45) is 0 Å². The minimum Gasteiger partial charge on any atom is -0.207 e. The van der Waals surface area contributed by atoms with E-state index in [0.29, 0.717) is 0 Å². The lowest BCUT2D eigenvalue weighted by Gasteiger charge is -2.17. The van der Waals surface area contributed by atoms with Crippen LogP contribution in [0.5, 0.6) is 0 Å². The molecule has 1 aromatic carbocycles. The third-order valence-electron chi connectivity index (χ3n) is 2.57. The van der Waals surface area contributed by atoms with Gasteiger partial charge in [-0.05, 0) is 56.5 Å². The topological polar surface area (TPSA) is 37.4 Å². The lowest BCUT2D eigenvalue weighted by Crippen LogP contribution is -2.26. The highest BCUT2D eigenvalue weighted by molar-refractivity contribution is 9.10. The Morgan fingerprint density at radius 3 is 2.68 bits per heavy atom. The molecule has 0 bridgehead atoms. The van der Waals surface area contributed by atoms with Gasteiger partial charge in [0.25, 0.3) is 0 Å². The van der Waals surface area contributed by atoms with Crippen LogP contribution < -0.4 is 0 Å². The predicted molar refractivity (Wildman–Crippen MR) is 77.1 cm³/mol. The lowest BCUT2D eigenvalue weighted by atomic mass is 10.3. The van der Waals surface area contributed by atoms with E-state index in [1.54, 1.807) is 0 Å². The van der Waals surface area contributed by atoms with E-state index in [9.17, 15) is 12.8 Å². The van der Waals surface area contributed by atoms with Gasteiger partial charge in [0.15, 0.2) is 0 Å². The van der Waals surface area contributed by atoms with Gasteiger partial charge in [-0.2, -0.15) is 15.6 Å². The molecule has 0 fully saturated rings. The highest BCUT2D eigenvalue weighted by Crippen LogP contribution is 2.26. The molecule has 0 atom stereocenters. The molecule has 3 nitrogen and oxygen atoms in total. The highest BCUT2D eigenvalue weighted by Gasteiger charge is 2.23. The summed E-state index contributed by atoms with van der Waals surface area (Å²) in [5.74, 6) is -0.480. The Hall–Kier alpha value is -0.760. The zero-order valence-electron chi connectivity index (χ0n) is 10.0. The maximum Gasteiger partial charge on any atom is 0.244 e. The molecule has 0 N–H and O–H groups in total. The Morgan fingerprint density at radius 1 is 1.37 bits per heavy atom. The molecule has 0 saturated heterocycles. The van der Waals surface area contributed by atoms with E-state index in [-0.39, 0.29) is 15.9 Å². The third kappa shape index (κ3) is 3.22. The van der Waals surface area contributed by atoms with Crippen LogP contribution in [-0.2, 0) is 16.6 Å². The molecule has 0 unspecified atom stereocenters. The minimum atomic E-state index is -3.64. The van der Waals surface area contributed by atoms with Gasteiger partial charge in [0.1, 0.15) is 5.82 Å². The van der Waals surface area contributed by atoms with Gasteiger partial charge in [-0.1, -0.05) is 0 Å². The van der Waals surface area contributed by atoms with Crippen molar-refractivity contribution < 1.29 is 12.8 Å². The van der Waals surface area contributed by atoms with Crippen LogP contribution in [0.25, 0.3) is 0 Å². The average molecular weight is 364 g/mol. The molecular formula is C12H11BrFNO2S2. The first kappa shape index (κ1) is 14.6. The van der Waals surface area contributed by atoms with Crippen molar-refractivity contribution in [3.05, 3.63) is 50.9 Å². The van der Waals surface area contributed by atoms with Crippen molar-refractivity contribution in [1.82, 2.24) is 4.31 Å². The van der Waals surface area contributed by atoms with Crippen LogP contribution in [0, 0.1) is 5.82 Å². The summed E-state index contributed by atoms with van der Waals surface area (Å²) >= 11 is 4.60. The van der Waals surface area contributed by atoms with Gasteiger partial charge < -0.3 is 0 Å². The van der Waals surface area contributed by atoms with E-state index in [0.717, 1.165) is 17.7 Å². The highest BCUT2D eigenvalue weighted by atomic mass is 79.9. The third-order valence-corrected chi connectivity index (χ3v) is 6.08. The Bertz CT molecular complexity index is 671. The van der Waals surface area contributed by atoms with Gasteiger partial charge in [-0.15, -0.1) is 0 Å². The smallest absolute Gasteiger partial charge is 0.207 e. The molecule has 7 heteroatoms. The van der Waals surface area contributed by atoms with E-state index < -0.39 is 15.8 Å². The van der Waals surface area contributed by atoms with E-state index in [2.05, 4.69) is 15.9 Å². The number of hydrogen-bond donors (Lipinski definition) is 0. The largest absolute Gasteiger partial charge is 0.244 e. The van der Waals surface area contributed by atoms with Crippen molar-refractivity contribution in [2.45, 2.75) is 11.4 Å². The van der Waals surface area contributed by atoms with Crippen molar-refractivity contribution in [2.75, 3.05) is 7.05 Å². The fraction of sp³-hybridized carbons (Fsp3) is 0.167. The molecule has 19 heavy (non-hydrogen) atoms. The normalized spacial score (nSPS) is 12.0. The SMILES string of the molecule is CN(Cc1ccsc1)S(=O)(=O)c1ccc(F)cc1Br. The van der Waals surface area contributed by atoms with Crippen molar-refractivity contribution >= 4 is 37.3 Å². The van der Waals surface area contributed by atoms with Crippen LogP contribution in [0.3, 0.4) is 0 Å². The van der Waals surface area contributed by atoms with Crippen LogP contribution in [-0.4, -0.2) is 19.8 Å². The Kier molecular flexibility index (Phi) is 4.39. The Morgan fingerprint density at radius 2 is 2.11 bits per heavy atom. The van der Waals surface area contributed by atoms with Crippen molar-refractivity contribution in [3.8, 4) is 0 Å². The number of sulfonamides is 1. The van der Waals surface area contributed by atoms with Crippen LogP contribution in [0.4, 0.5) is 4.39 Å². The maximum absolute atomic E-state index is 13.0. The fourth-order valence-electron chi connectivity index (χ4n) is 1.58. The molecular weight excluding hydrogens is 353 g/mol. The summed E-state index contributed by atoms with van der Waals surface area (Å²) in [6.45, 7) is 0.287. The predicted octanol–water partition coefficient (Wildman–Crippen LogP) is 3.47. The standard InChI is InChI=1S/C12H11BrFNO2S2/c1-15(7-9-4-5-18-8-9)19(16,17)12-3-2-10(14)6-11(12)13/h2-6,8H,7H2,1H3. The van der Waals surface area contributed by atoms with Gasteiger partial charge in [-0.25, -0.2) is 12.8 Å². The maximum atomic E-state index is 13.0. The van der Waals surface area contributed by atoms with E-state index in [1.165, 1.54) is 28.8 Å². The van der Waals surface area contributed by atoms with E-state index >= 15 is 0 Å². The van der Waals surface area contributed by atoms with E-state index in [1.807, 2.05) is 16.8 Å². The first-order chi connectivity index (χ1) is 8.91. The number of halogens is 2. The van der Waals surface area contributed by atoms with Crippen LogP contribution >= 0.6 is 27.3 Å². The zero-order chi connectivity index (χ0) is 14.0. The first-order valence-electron chi connectivity index (χ1n) is 5.34. The molecule has 0 saturated carbocycles. The first-order valence-corrected chi connectivity index (χ1v) is 8.51. The van der Waals surface area contributed by atoms with Gasteiger partial charge >= 0.3 is 0 Å². The van der Waals surface area contributed by atoms with Gasteiger partial charge in [0, 0.05) is 18.1 Å². The second-order valence-electron chi connectivity index (χ2n) is 3.97. The molecule has 1 heterocycles. The fourth-order valence-corrected chi connectivity index (χ4v) is 4.40. The molecule has 0 spiro atoms. The van der Waals surface area contributed by atoms with Crippen molar-refractivity contribution in [3.63, 3.8) is 0 Å². The molecule has 0 aliphatic carbocycles. The summed E-state index contributed by atoms with van der Waals surface area (Å²) in [7, 11) is -2.14.